The van der Waals surface area contributed by atoms with Crippen LogP contribution >= 0.6 is 11.6 Å². The first-order valence-electron chi connectivity index (χ1n) is 9.88. The van der Waals surface area contributed by atoms with Gasteiger partial charge in [-0.25, -0.2) is 9.97 Å². The Kier molecular flexibility index (Phi) is 5.95. The number of pyridine rings is 1. The SMILES string of the molecule is COc1nccc2[nH]c(C(=O)c3ccc(Cc4cc(Cl)ccc4OCC(C)C)o3)nc12. The van der Waals surface area contributed by atoms with Crippen LogP contribution in [0.25, 0.3) is 11.0 Å². The number of hydrogen-bond donors (Lipinski definition) is 1. The van der Waals surface area contributed by atoms with E-state index in [4.69, 9.17) is 25.5 Å². The van der Waals surface area contributed by atoms with Crippen LogP contribution < -0.4 is 9.47 Å². The first-order chi connectivity index (χ1) is 14.9. The zero-order chi connectivity index (χ0) is 22.0. The van der Waals surface area contributed by atoms with E-state index in [9.17, 15) is 4.79 Å². The van der Waals surface area contributed by atoms with Crippen LogP contribution in [0.2, 0.25) is 5.02 Å². The van der Waals surface area contributed by atoms with Gasteiger partial charge in [0.05, 0.1) is 19.2 Å². The maximum atomic E-state index is 12.9. The zero-order valence-corrected chi connectivity index (χ0v) is 18.2. The van der Waals surface area contributed by atoms with Crippen LogP contribution in [-0.4, -0.2) is 34.5 Å². The van der Waals surface area contributed by atoms with Gasteiger partial charge in [-0.1, -0.05) is 25.4 Å². The summed E-state index contributed by atoms with van der Waals surface area (Å²) in [6, 6.07) is 10.6. The van der Waals surface area contributed by atoms with E-state index >= 15 is 0 Å². The highest BCUT2D eigenvalue weighted by Gasteiger charge is 2.20. The van der Waals surface area contributed by atoms with E-state index in [1.807, 2.05) is 12.1 Å². The number of hydrogen-bond acceptors (Lipinski definition) is 6. The van der Waals surface area contributed by atoms with Crippen molar-refractivity contribution in [1.29, 1.82) is 0 Å². The van der Waals surface area contributed by atoms with Crippen molar-refractivity contribution in [2.75, 3.05) is 13.7 Å². The van der Waals surface area contributed by atoms with Gasteiger partial charge in [-0.05, 0) is 42.3 Å². The Morgan fingerprint density at radius 1 is 1.23 bits per heavy atom. The minimum atomic E-state index is -0.355. The number of H-pyrrole nitrogens is 1. The molecule has 0 radical (unpaired) electrons. The van der Waals surface area contributed by atoms with Gasteiger partial charge in [0.25, 0.3) is 5.78 Å². The first-order valence-corrected chi connectivity index (χ1v) is 10.3. The van der Waals surface area contributed by atoms with Crippen molar-refractivity contribution in [3.8, 4) is 11.6 Å². The van der Waals surface area contributed by atoms with E-state index < -0.39 is 0 Å². The zero-order valence-electron chi connectivity index (χ0n) is 17.4. The third-order valence-electron chi connectivity index (χ3n) is 4.62. The Morgan fingerprint density at radius 3 is 2.84 bits per heavy atom. The molecule has 0 spiro atoms. The monoisotopic (exact) mass is 439 g/mol. The number of halogens is 1. The lowest BCUT2D eigenvalue weighted by Crippen LogP contribution is -2.06. The number of carbonyl (C=O) groups is 1. The number of carbonyl (C=O) groups excluding carboxylic acids is 1. The van der Waals surface area contributed by atoms with Crippen LogP contribution in [-0.2, 0) is 6.42 Å². The second-order valence-corrected chi connectivity index (χ2v) is 7.97. The van der Waals surface area contributed by atoms with Crippen molar-refractivity contribution in [3.05, 3.63) is 70.5 Å². The number of nitrogens with one attached hydrogen (secondary N) is 1. The van der Waals surface area contributed by atoms with E-state index in [-0.39, 0.29) is 17.4 Å². The molecule has 1 aromatic carbocycles. The summed E-state index contributed by atoms with van der Waals surface area (Å²) in [5, 5.41) is 0.611. The summed E-state index contributed by atoms with van der Waals surface area (Å²) in [6.07, 6.45) is 2.03. The summed E-state index contributed by atoms with van der Waals surface area (Å²) in [7, 11) is 1.51. The molecular formula is C23H22ClN3O4. The number of ketones is 1. The molecule has 4 aromatic rings. The first kappa shape index (κ1) is 20.9. The van der Waals surface area contributed by atoms with E-state index in [0.29, 0.717) is 46.6 Å². The van der Waals surface area contributed by atoms with Gasteiger partial charge in [0, 0.05) is 23.2 Å². The van der Waals surface area contributed by atoms with Crippen molar-refractivity contribution in [2.45, 2.75) is 20.3 Å². The maximum absolute atomic E-state index is 12.9. The molecule has 7 nitrogen and oxygen atoms in total. The number of fused-ring (bicyclic) bond motifs is 1. The Hall–Kier alpha value is -3.32. The van der Waals surface area contributed by atoms with E-state index in [1.54, 1.807) is 30.5 Å². The number of nitrogens with zero attached hydrogens (tertiary/aromatic N) is 2. The number of ether oxygens (including phenoxy) is 2. The highest BCUT2D eigenvalue weighted by molar-refractivity contribution is 6.30. The van der Waals surface area contributed by atoms with Gasteiger partial charge in [0.15, 0.2) is 17.1 Å². The summed E-state index contributed by atoms with van der Waals surface area (Å²) >= 11 is 6.18. The fourth-order valence-electron chi connectivity index (χ4n) is 3.15. The molecule has 0 aliphatic carbocycles. The molecule has 0 saturated heterocycles. The second kappa shape index (κ2) is 8.81. The fraction of sp³-hybridized carbons (Fsp3) is 0.261. The van der Waals surface area contributed by atoms with Crippen LogP contribution in [0, 0.1) is 5.92 Å². The van der Waals surface area contributed by atoms with Gasteiger partial charge in [-0.15, -0.1) is 0 Å². The van der Waals surface area contributed by atoms with Crippen LogP contribution in [0.15, 0.2) is 47.0 Å². The molecule has 0 fully saturated rings. The Labute approximate surface area is 184 Å². The number of aromatic amines is 1. The molecule has 0 amide bonds. The predicted octanol–water partition coefficient (Wildman–Crippen LogP) is 5.07. The largest absolute Gasteiger partial charge is 0.493 e. The molecule has 0 aliphatic rings. The van der Waals surface area contributed by atoms with Gasteiger partial charge in [-0.2, -0.15) is 0 Å². The number of methoxy groups -OCH3 is 1. The van der Waals surface area contributed by atoms with Crippen molar-refractivity contribution in [2.24, 2.45) is 5.92 Å². The fourth-order valence-corrected chi connectivity index (χ4v) is 3.35. The van der Waals surface area contributed by atoms with Crippen LogP contribution in [0.4, 0.5) is 0 Å². The third-order valence-corrected chi connectivity index (χ3v) is 4.86. The Bertz CT molecular complexity index is 1230. The number of rotatable bonds is 8. The molecule has 0 saturated carbocycles. The summed E-state index contributed by atoms with van der Waals surface area (Å²) in [4.78, 5) is 24.3. The quantitative estimate of drug-likeness (QED) is 0.385. The normalized spacial score (nSPS) is 11.3. The van der Waals surface area contributed by atoms with Gasteiger partial charge >= 0.3 is 0 Å². The molecule has 4 rings (SSSR count). The minimum Gasteiger partial charge on any atom is -0.493 e. The molecule has 0 unspecified atom stereocenters. The lowest BCUT2D eigenvalue weighted by atomic mass is 10.1. The molecule has 0 aliphatic heterocycles. The molecule has 0 bridgehead atoms. The number of imidazole rings is 1. The van der Waals surface area contributed by atoms with Crippen molar-refractivity contribution in [3.63, 3.8) is 0 Å². The summed E-state index contributed by atoms with van der Waals surface area (Å²) in [5.41, 5.74) is 2.04. The average Bonchev–Trinajstić information content (AvgIpc) is 3.39. The molecule has 1 N–H and O–H groups in total. The van der Waals surface area contributed by atoms with Crippen LogP contribution in [0.1, 0.15) is 41.6 Å². The molecular weight excluding hydrogens is 418 g/mol. The van der Waals surface area contributed by atoms with E-state index in [0.717, 1.165) is 11.3 Å². The Morgan fingerprint density at radius 2 is 2.06 bits per heavy atom. The summed E-state index contributed by atoms with van der Waals surface area (Å²) < 4.78 is 16.9. The van der Waals surface area contributed by atoms with Crippen molar-refractivity contribution < 1.29 is 18.7 Å². The second-order valence-electron chi connectivity index (χ2n) is 7.53. The van der Waals surface area contributed by atoms with Gasteiger partial charge in [0.1, 0.15) is 11.5 Å². The van der Waals surface area contributed by atoms with E-state index in [2.05, 4.69) is 28.8 Å². The number of benzene rings is 1. The smallest absolute Gasteiger partial charge is 0.263 e. The topological polar surface area (TPSA) is 90.2 Å². The lowest BCUT2D eigenvalue weighted by Gasteiger charge is -2.13. The number of aromatic nitrogens is 3. The minimum absolute atomic E-state index is 0.158. The Balaban J connectivity index is 1.56. The van der Waals surface area contributed by atoms with Crippen LogP contribution in [0.5, 0.6) is 11.6 Å². The van der Waals surface area contributed by atoms with Gasteiger partial charge in [0.2, 0.25) is 5.88 Å². The van der Waals surface area contributed by atoms with E-state index in [1.165, 1.54) is 7.11 Å². The third kappa shape index (κ3) is 4.56. The average molecular weight is 440 g/mol. The van der Waals surface area contributed by atoms with Crippen LogP contribution in [0.3, 0.4) is 0 Å². The molecule has 8 heteroatoms. The predicted molar refractivity (Wildman–Crippen MR) is 117 cm³/mol. The van der Waals surface area contributed by atoms with Crippen molar-refractivity contribution in [1.82, 2.24) is 15.0 Å². The standard InChI is InChI=1S/C23H22ClN3O4/c1-13(2)12-30-18-6-4-15(24)10-14(18)11-16-5-7-19(31-16)21(28)22-26-17-8-9-25-23(29-3)20(17)27-22/h4-10,13H,11-12H2,1-3H3,(H,26,27). The summed E-state index contributed by atoms with van der Waals surface area (Å²) in [6.45, 7) is 4.77. The summed E-state index contributed by atoms with van der Waals surface area (Å²) in [5.74, 6) is 2.11. The molecule has 31 heavy (non-hydrogen) atoms. The van der Waals surface area contributed by atoms with Gasteiger partial charge < -0.3 is 18.9 Å². The number of furan rings is 1. The highest BCUT2D eigenvalue weighted by Crippen LogP contribution is 2.27. The van der Waals surface area contributed by atoms with Crippen molar-refractivity contribution >= 4 is 28.4 Å². The molecule has 160 valence electrons. The molecule has 0 atom stereocenters. The molecule has 3 heterocycles. The maximum Gasteiger partial charge on any atom is 0.263 e. The lowest BCUT2D eigenvalue weighted by molar-refractivity contribution is 0.0999. The highest BCUT2D eigenvalue weighted by atomic mass is 35.5. The molecule has 3 aromatic heterocycles. The van der Waals surface area contributed by atoms with Gasteiger partial charge in [-0.3, -0.25) is 4.79 Å².